The molecule has 0 radical (unpaired) electrons. The van der Waals surface area contributed by atoms with Crippen LogP contribution < -0.4 is 4.74 Å². The highest BCUT2D eigenvalue weighted by Crippen LogP contribution is 2.15. The summed E-state index contributed by atoms with van der Waals surface area (Å²) >= 11 is 0. The van der Waals surface area contributed by atoms with Crippen LogP contribution in [0, 0.1) is 0 Å². The van der Waals surface area contributed by atoms with Gasteiger partial charge in [0.25, 0.3) is 0 Å². The Balaban J connectivity index is 1.77. The van der Waals surface area contributed by atoms with Gasteiger partial charge in [0.1, 0.15) is 5.75 Å². The molecular weight excluding hydrogens is 264 g/mol. The SMILES string of the molecule is O=C(Oc1ccccc1)c1ccc(-c2ccccn2)nc1. The van der Waals surface area contributed by atoms with E-state index in [1.54, 1.807) is 30.5 Å². The average Bonchev–Trinajstić information content (AvgIpc) is 2.57. The van der Waals surface area contributed by atoms with Crippen LogP contribution in [0.5, 0.6) is 5.75 Å². The van der Waals surface area contributed by atoms with Crippen molar-refractivity contribution in [2.45, 2.75) is 0 Å². The number of hydrogen-bond acceptors (Lipinski definition) is 4. The van der Waals surface area contributed by atoms with E-state index in [0.29, 0.717) is 17.0 Å². The second kappa shape index (κ2) is 5.96. The fraction of sp³-hybridized carbons (Fsp3) is 0. The van der Waals surface area contributed by atoms with E-state index in [2.05, 4.69) is 9.97 Å². The first-order valence-electron chi connectivity index (χ1n) is 6.47. The van der Waals surface area contributed by atoms with Gasteiger partial charge >= 0.3 is 5.97 Å². The van der Waals surface area contributed by atoms with Crippen molar-refractivity contribution in [1.29, 1.82) is 0 Å². The van der Waals surface area contributed by atoms with E-state index in [-0.39, 0.29) is 0 Å². The molecule has 102 valence electrons. The predicted octanol–water partition coefficient (Wildman–Crippen LogP) is 3.36. The number of rotatable bonds is 3. The lowest BCUT2D eigenvalue weighted by Gasteiger charge is -2.04. The molecule has 21 heavy (non-hydrogen) atoms. The van der Waals surface area contributed by atoms with Crippen LogP contribution in [-0.2, 0) is 0 Å². The van der Waals surface area contributed by atoms with E-state index in [9.17, 15) is 4.79 Å². The molecule has 2 aromatic heterocycles. The summed E-state index contributed by atoms with van der Waals surface area (Å²) in [5, 5.41) is 0. The number of aromatic nitrogens is 2. The van der Waals surface area contributed by atoms with Crippen LogP contribution in [0.25, 0.3) is 11.4 Å². The molecule has 1 aromatic carbocycles. The van der Waals surface area contributed by atoms with Gasteiger partial charge in [0.05, 0.1) is 17.0 Å². The molecule has 0 N–H and O–H groups in total. The lowest BCUT2D eigenvalue weighted by Crippen LogP contribution is -2.08. The fourth-order valence-electron chi connectivity index (χ4n) is 1.83. The number of ether oxygens (including phenoxy) is 1. The second-order valence-corrected chi connectivity index (χ2v) is 4.35. The van der Waals surface area contributed by atoms with Crippen molar-refractivity contribution in [3.8, 4) is 17.1 Å². The standard InChI is InChI=1S/C17H12N2O2/c20-17(21-14-6-2-1-3-7-14)13-9-10-16(19-12-13)15-8-4-5-11-18-15/h1-12H. The molecule has 0 aliphatic carbocycles. The number of esters is 1. The molecule has 0 saturated carbocycles. The Hall–Kier alpha value is -3.01. The smallest absolute Gasteiger partial charge is 0.345 e. The van der Waals surface area contributed by atoms with Gasteiger partial charge in [0, 0.05) is 12.4 Å². The van der Waals surface area contributed by atoms with Crippen molar-refractivity contribution in [3.63, 3.8) is 0 Å². The Kier molecular flexibility index (Phi) is 3.69. The third-order valence-corrected chi connectivity index (χ3v) is 2.88. The zero-order valence-corrected chi connectivity index (χ0v) is 11.1. The van der Waals surface area contributed by atoms with E-state index >= 15 is 0 Å². The lowest BCUT2D eigenvalue weighted by molar-refractivity contribution is 0.0734. The lowest BCUT2D eigenvalue weighted by atomic mass is 10.2. The molecule has 0 aliphatic rings. The minimum Gasteiger partial charge on any atom is -0.423 e. The van der Waals surface area contributed by atoms with Crippen LogP contribution in [0.15, 0.2) is 73.1 Å². The highest BCUT2D eigenvalue weighted by atomic mass is 16.5. The Morgan fingerprint density at radius 2 is 1.57 bits per heavy atom. The Morgan fingerprint density at radius 3 is 2.24 bits per heavy atom. The number of benzene rings is 1. The van der Waals surface area contributed by atoms with Crippen molar-refractivity contribution in [2.24, 2.45) is 0 Å². The molecule has 0 amide bonds. The van der Waals surface area contributed by atoms with E-state index in [1.165, 1.54) is 6.20 Å². The third-order valence-electron chi connectivity index (χ3n) is 2.88. The van der Waals surface area contributed by atoms with E-state index in [1.807, 2.05) is 36.4 Å². The number of carbonyl (C=O) groups is 1. The van der Waals surface area contributed by atoms with Crippen LogP contribution in [-0.4, -0.2) is 15.9 Å². The molecule has 4 heteroatoms. The number of nitrogens with zero attached hydrogens (tertiary/aromatic N) is 2. The first-order valence-corrected chi connectivity index (χ1v) is 6.47. The molecule has 0 saturated heterocycles. The minimum absolute atomic E-state index is 0.401. The summed E-state index contributed by atoms with van der Waals surface area (Å²) in [5.41, 5.74) is 1.88. The van der Waals surface area contributed by atoms with Crippen LogP contribution >= 0.6 is 0 Å². The zero-order chi connectivity index (χ0) is 14.5. The van der Waals surface area contributed by atoms with Crippen molar-refractivity contribution >= 4 is 5.97 Å². The Bertz CT molecular complexity index is 726. The molecule has 0 fully saturated rings. The average molecular weight is 276 g/mol. The summed E-state index contributed by atoms with van der Waals surface area (Å²) in [5.74, 6) is 0.0811. The normalized spacial score (nSPS) is 10.1. The molecule has 0 spiro atoms. The summed E-state index contributed by atoms with van der Waals surface area (Å²) in [7, 11) is 0. The maximum absolute atomic E-state index is 12.0. The molecule has 0 aliphatic heterocycles. The molecule has 0 bridgehead atoms. The molecule has 0 atom stereocenters. The molecule has 0 unspecified atom stereocenters. The van der Waals surface area contributed by atoms with Gasteiger partial charge in [0.15, 0.2) is 0 Å². The molecule has 3 rings (SSSR count). The molecular formula is C17H12N2O2. The zero-order valence-electron chi connectivity index (χ0n) is 11.1. The predicted molar refractivity (Wildman–Crippen MR) is 78.9 cm³/mol. The van der Waals surface area contributed by atoms with Crippen molar-refractivity contribution in [1.82, 2.24) is 9.97 Å². The topological polar surface area (TPSA) is 52.1 Å². The van der Waals surface area contributed by atoms with Gasteiger partial charge in [-0.05, 0) is 36.4 Å². The summed E-state index contributed by atoms with van der Waals surface area (Å²) in [4.78, 5) is 20.4. The van der Waals surface area contributed by atoms with E-state index in [0.717, 1.165) is 5.69 Å². The van der Waals surface area contributed by atoms with Crippen LogP contribution in [0.4, 0.5) is 0 Å². The molecule has 3 aromatic rings. The van der Waals surface area contributed by atoms with Gasteiger partial charge in [0.2, 0.25) is 0 Å². The summed E-state index contributed by atoms with van der Waals surface area (Å²) in [6.07, 6.45) is 3.20. The fourth-order valence-corrected chi connectivity index (χ4v) is 1.83. The quantitative estimate of drug-likeness (QED) is 0.543. The van der Waals surface area contributed by atoms with Crippen LogP contribution in [0.2, 0.25) is 0 Å². The first kappa shape index (κ1) is 13.0. The Labute approximate surface area is 122 Å². The number of carbonyl (C=O) groups excluding carboxylic acids is 1. The maximum Gasteiger partial charge on any atom is 0.345 e. The third kappa shape index (κ3) is 3.12. The van der Waals surface area contributed by atoms with Gasteiger partial charge in [-0.3, -0.25) is 9.97 Å². The van der Waals surface area contributed by atoms with E-state index < -0.39 is 5.97 Å². The number of para-hydroxylation sites is 1. The number of pyridine rings is 2. The summed E-state index contributed by atoms with van der Waals surface area (Å²) in [6, 6.07) is 18.0. The van der Waals surface area contributed by atoms with Gasteiger partial charge in [-0.15, -0.1) is 0 Å². The first-order chi connectivity index (χ1) is 10.3. The van der Waals surface area contributed by atoms with Gasteiger partial charge in [-0.25, -0.2) is 4.79 Å². The van der Waals surface area contributed by atoms with Crippen LogP contribution in [0.1, 0.15) is 10.4 Å². The maximum atomic E-state index is 12.0. The summed E-state index contributed by atoms with van der Waals surface area (Å²) < 4.78 is 5.25. The Morgan fingerprint density at radius 1 is 0.810 bits per heavy atom. The van der Waals surface area contributed by atoms with Crippen molar-refractivity contribution in [2.75, 3.05) is 0 Å². The van der Waals surface area contributed by atoms with Crippen LogP contribution in [0.3, 0.4) is 0 Å². The number of hydrogen-bond donors (Lipinski definition) is 0. The molecule has 2 heterocycles. The van der Waals surface area contributed by atoms with Gasteiger partial charge in [-0.2, -0.15) is 0 Å². The second-order valence-electron chi connectivity index (χ2n) is 4.35. The minimum atomic E-state index is -0.429. The summed E-state index contributed by atoms with van der Waals surface area (Å²) in [6.45, 7) is 0. The molecule has 4 nitrogen and oxygen atoms in total. The highest BCUT2D eigenvalue weighted by molar-refractivity contribution is 5.91. The van der Waals surface area contributed by atoms with Gasteiger partial charge < -0.3 is 4.74 Å². The van der Waals surface area contributed by atoms with Gasteiger partial charge in [-0.1, -0.05) is 24.3 Å². The van der Waals surface area contributed by atoms with Crippen molar-refractivity contribution < 1.29 is 9.53 Å². The largest absolute Gasteiger partial charge is 0.423 e. The monoisotopic (exact) mass is 276 g/mol. The van der Waals surface area contributed by atoms with E-state index in [4.69, 9.17) is 4.74 Å². The highest BCUT2D eigenvalue weighted by Gasteiger charge is 2.09. The van der Waals surface area contributed by atoms with Crippen molar-refractivity contribution in [3.05, 3.63) is 78.6 Å².